The van der Waals surface area contributed by atoms with Gasteiger partial charge in [0.25, 0.3) is 5.91 Å². The van der Waals surface area contributed by atoms with Gasteiger partial charge in [0.05, 0.1) is 13.2 Å². The van der Waals surface area contributed by atoms with Crippen molar-refractivity contribution in [2.45, 2.75) is 13.8 Å². The van der Waals surface area contributed by atoms with E-state index in [-0.39, 0.29) is 38.0 Å². The summed E-state index contributed by atoms with van der Waals surface area (Å²) in [7, 11) is 0. The quantitative estimate of drug-likeness (QED) is 0.624. The average Bonchev–Trinajstić information content (AvgIpc) is 2.81. The second-order valence-electron chi connectivity index (χ2n) is 4.12. The van der Waals surface area contributed by atoms with Crippen LogP contribution in [0.3, 0.4) is 0 Å². The normalized spacial score (nSPS) is 10.6. The highest BCUT2D eigenvalue weighted by Gasteiger charge is 2.22. The number of amides is 1. The number of thiazole rings is 1. The van der Waals surface area contributed by atoms with Crippen LogP contribution < -0.4 is 10.6 Å². The third-order valence-electron chi connectivity index (χ3n) is 2.90. The van der Waals surface area contributed by atoms with Crippen molar-refractivity contribution in [3.05, 3.63) is 4.88 Å². The zero-order valence-corrected chi connectivity index (χ0v) is 12.7. The first-order valence-corrected chi connectivity index (χ1v) is 7.42. The molecule has 0 saturated carbocycles. The number of rotatable bonds is 8. The summed E-state index contributed by atoms with van der Waals surface area (Å²) in [6.07, 6.45) is 0. The van der Waals surface area contributed by atoms with E-state index in [2.05, 4.69) is 4.98 Å². The SMILES string of the molecule is CCN(CC)c1nc(N)c(C(=O)N(CCO)CCO)s1. The van der Waals surface area contributed by atoms with Gasteiger partial charge < -0.3 is 25.7 Å². The molecular weight excluding hydrogens is 280 g/mol. The molecule has 0 spiro atoms. The number of hydrogen-bond donors (Lipinski definition) is 3. The molecule has 0 bridgehead atoms. The topological polar surface area (TPSA) is 103 Å². The monoisotopic (exact) mass is 302 g/mol. The van der Waals surface area contributed by atoms with Crippen molar-refractivity contribution in [1.82, 2.24) is 9.88 Å². The summed E-state index contributed by atoms with van der Waals surface area (Å²) in [5.74, 6) is -0.107. The Bertz CT molecular complexity index is 428. The first kappa shape index (κ1) is 16.7. The third-order valence-corrected chi connectivity index (χ3v) is 4.02. The molecule has 1 rings (SSSR count). The summed E-state index contributed by atoms with van der Waals surface area (Å²) in [4.78, 5) is 20.3. The Morgan fingerprint density at radius 3 is 2.25 bits per heavy atom. The van der Waals surface area contributed by atoms with Crippen molar-refractivity contribution < 1.29 is 15.0 Å². The van der Waals surface area contributed by atoms with E-state index in [1.54, 1.807) is 0 Å². The number of nitrogens with zero attached hydrogens (tertiary/aromatic N) is 3. The fourth-order valence-corrected chi connectivity index (χ4v) is 2.88. The molecule has 8 heteroatoms. The highest BCUT2D eigenvalue weighted by Crippen LogP contribution is 2.29. The molecule has 1 amide bonds. The van der Waals surface area contributed by atoms with Crippen LogP contribution in [-0.4, -0.2) is 65.4 Å². The number of carbonyl (C=O) groups is 1. The van der Waals surface area contributed by atoms with Crippen LogP contribution in [0.2, 0.25) is 0 Å². The minimum Gasteiger partial charge on any atom is -0.395 e. The Labute approximate surface area is 122 Å². The molecule has 1 heterocycles. The van der Waals surface area contributed by atoms with Crippen LogP contribution in [0.15, 0.2) is 0 Å². The minimum atomic E-state index is -0.304. The van der Waals surface area contributed by atoms with Gasteiger partial charge >= 0.3 is 0 Å². The number of hydrogen-bond acceptors (Lipinski definition) is 7. The van der Waals surface area contributed by atoms with Crippen molar-refractivity contribution in [3.8, 4) is 0 Å². The maximum Gasteiger partial charge on any atom is 0.268 e. The van der Waals surface area contributed by atoms with Gasteiger partial charge in [-0.15, -0.1) is 0 Å². The molecular formula is C12H22N4O3S. The van der Waals surface area contributed by atoms with E-state index < -0.39 is 0 Å². The standard InChI is InChI=1S/C12H22N4O3S/c1-3-15(4-2)12-14-10(13)9(20-12)11(19)16(5-7-17)6-8-18/h17-18H,3-8,13H2,1-2H3. The summed E-state index contributed by atoms with van der Waals surface area (Å²) < 4.78 is 0. The second-order valence-corrected chi connectivity index (χ2v) is 5.10. The zero-order valence-electron chi connectivity index (χ0n) is 11.9. The van der Waals surface area contributed by atoms with E-state index in [9.17, 15) is 4.79 Å². The minimum absolute atomic E-state index is 0.159. The molecule has 20 heavy (non-hydrogen) atoms. The molecule has 1 aromatic heterocycles. The molecule has 4 N–H and O–H groups in total. The highest BCUT2D eigenvalue weighted by atomic mass is 32.1. The van der Waals surface area contributed by atoms with E-state index in [1.165, 1.54) is 16.2 Å². The van der Waals surface area contributed by atoms with Gasteiger partial charge in [-0.05, 0) is 13.8 Å². The summed E-state index contributed by atoms with van der Waals surface area (Å²) in [5, 5.41) is 18.7. The Morgan fingerprint density at radius 1 is 1.25 bits per heavy atom. The van der Waals surface area contributed by atoms with Gasteiger partial charge in [-0.3, -0.25) is 4.79 Å². The van der Waals surface area contributed by atoms with E-state index >= 15 is 0 Å². The molecule has 0 radical (unpaired) electrons. The molecule has 0 aliphatic rings. The first-order chi connectivity index (χ1) is 9.58. The Balaban J connectivity index is 2.97. The van der Waals surface area contributed by atoms with Crippen LogP contribution in [0.5, 0.6) is 0 Å². The molecule has 1 aromatic rings. The predicted molar refractivity (Wildman–Crippen MR) is 80.2 cm³/mol. The molecule has 0 aliphatic carbocycles. The van der Waals surface area contributed by atoms with Gasteiger partial charge in [0, 0.05) is 26.2 Å². The number of aliphatic hydroxyl groups is 2. The maximum absolute atomic E-state index is 12.3. The number of anilines is 2. The van der Waals surface area contributed by atoms with Crippen molar-refractivity contribution in [2.24, 2.45) is 0 Å². The first-order valence-electron chi connectivity index (χ1n) is 6.61. The third kappa shape index (κ3) is 3.81. The largest absolute Gasteiger partial charge is 0.395 e. The molecule has 0 fully saturated rings. The van der Waals surface area contributed by atoms with Gasteiger partial charge in [-0.25, -0.2) is 4.98 Å². The van der Waals surface area contributed by atoms with Crippen molar-refractivity contribution in [1.29, 1.82) is 0 Å². The Kier molecular flexibility index (Phi) is 6.69. The number of carbonyl (C=O) groups excluding carboxylic acids is 1. The summed E-state index contributed by atoms with van der Waals surface area (Å²) in [5.41, 5.74) is 5.82. The van der Waals surface area contributed by atoms with Crippen LogP contribution in [0, 0.1) is 0 Å². The fourth-order valence-electron chi connectivity index (χ4n) is 1.80. The van der Waals surface area contributed by atoms with Gasteiger partial charge in [-0.2, -0.15) is 0 Å². The molecule has 0 aliphatic heterocycles. The van der Waals surface area contributed by atoms with Crippen molar-refractivity contribution in [2.75, 3.05) is 50.0 Å². The Morgan fingerprint density at radius 2 is 1.80 bits per heavy atom. The molecule has 114 valence electrons. The summed E-state index contributed by atoms with van der Waals surface area (Å²) in [6, 6.07) is 0. The van der Waals surface area contributed by atoms with Gasteiger partial charge in [-0.1, -0.05) is 11.3 Å². The van der Waals surface area contributed by atoms with E-state index in [0.717, 1.165) is 13.1 Å². The van der Waals surface area contributed by atoms with Crippen LogP contribution >= 0.6 is 11.3 Å². The average molecular weight is 302 g/mol. The number of aliphatic hydroxyl groups excluding tert-OH is 2. The van der Waals surface area contributed by atoms with Crippen LogP contribution in [0.1, 0.15) is 23.5 Å². The Hall–Kier alpha value is -1.38. The lowest BCUT2D eigenvalue weighted by Gasteiger charge is -2.19. The van der Waals surface area contributed by atoms with Crippen LogP contribution in [-0.2, 0) is 0 Å². The van der Waals surface area contributed by atoms with Crippen LogP contribution in [0.25, 0.3) is 0 Å². The smallest absolute Gasteiger partial charge is 0.268 e. The van der Waals surface area contributed by atoms with E-state index in [0.29, 0.717) is 10.0 Å². The lowest BCUT2D eigenvalue weighted by molar-refractivity contribution is 0.0690. The maximum atomic E-state index is 12.3. The van der Waals surface area contributed by atoms with Gasteiger partial charge in [0.15, 0.2) is 5.13 Å². The van der Waals surface area contributed by atoms with Crippen molar-refractivity contribution in [3.63, 3.8) is 0 Å². The summed E-state index contributed by atoms with van der Waals surface area (Å²) >= 11 is 1.24. The second kappa shape index (κ2) is 8.03. The predicted octanol–water partition coefficient (Wildman–Crippen LogP) is -0.00170. The molecule has 0 aromatic carbocycles. The van der Waals surface area contributed by atoms with Gasteiger partial charge in [0.1, 0.15) is 10.7 Å². The van der Waals surface area contributed by atoms with E-state index in [1.807, 2.05) is 18.7 Å². The lowest BCUT2D eigenvalue weighted by Crippen LogP contribution is -2.35. The molecule has 0 unspecified atom stereocenters. The zero-order chi connectivity index (χ0) is 15.1. The molecule has 7 nitrogen and oxygen atoms in total. The highest BCUT2D eigenvalue weighted by molar-refractivity contribution is 7.18. The fraction of sp³-hybridized carbons (Fsp3) is 0.667. The number of nitrogen functional groups attached to an aromatic ring is 1. The lowest BCUT2D eigenvalue weighted by atomic mass is 10.4. The van der Waals surface area contributed by atoms with Gasteiger partial charge in [0.2, 0.25) is 0 Å². The van der Waals surface area contributed by atoms with E-state index in [4.69, 9.17) is 15.9 Å². The number of aromatic nitrogens is 1. The molecule has 0 atom stereocenters. The van der Waals surface area contributed by atoms with Crippen LogP contribution in [0.4, 0.5) is 10.9 Å². The van der Waals surface area contributed by atoms with Crippen molar-refractivity contribution >= 4 is 28.2 Å². The molecule has 0 saturated heterocycles. The number of nitrogens with two attached hydrogens (primary N) is 1. The summed E-state index contributed by atoms with van der Waals surface area (Å²) in [6.45, 7) is 5.59.